The van der Waals surface area contributed by atoms with E-state index in [2.05, 4.69) is 21.5 Å². The number of hydrogen-bond donors (Lipinski definition) is 1. The molecule has 0 aliphatic carbocycles. The Balaban J connectivity index is 1.95. The SMILES string of the molecule is Cc1cc(C#N)cc(C)c1Oc1nc(Nc2ccc(C#N)cc2)c(=O)n(C)n1. The number of aryl methyl sites for hydroxylation is 3. The summed E-state index contributed by atoms with van der Waals surface area (Å²) in [5.41, 5.74) is 2.74. The molecular weight excluding hydrogens is 356 g/mol. The zero-order valence-electron chi connectivity index (χ0n) is 15.5. The Kier molecular flexibility index (Phi) is 5.05. The third-order valence-corrected chi connectivity index (χ3v) is 4.00. The maximum atomic E-state index is 12.3. The molecule has 1 heterocycles. The van der Waals surface area contributed by atoms with Gasteiger partial charge in [-0.2, -0.15) is 15.5 Å². The fourth-order valence-corrected chi connectivity index (χ4v) is 2.65. The Morgan fingerprint density at radius 3 is 2.21 bits per heavy atom. The van der Waals surface area contributed by atoms with Gasteiger partial charge in [-0.25, -0.2) is 4.68 Å². The van der Waals surface area contributed by atoms with Crippen molar-refractivity contribution in [2.45, 2.75) is 13.8 Å². The van der Waals surface area contributed by atoms with Crippen LogP contribution in [0.1, 0.15) is 22.3 Å². The summed E-state index contributed by atoms with van der Waals surface area (Å²) in [5.74, 6) is 0.572. The lowest BCUT2D eigenvalue weighted by Gasteiger charge is -2.12. The monoisotopic (exact) mass is 372 g/mol. The van der Waals surface area contributed by atoms with Crippen molar-refractivity contribution >= 4 is 11.5 Å². The van der Waals surface area contributed by atoms with E-state index in [1.54, 1.807) is 36.4 Å². The van der Waals surface area contributed by atoms with E-state index in [-0.39, 0.29) is 11.8 Å². The molecule has 0 atom stereocenters. The second-order valence-electron chi connectivity index (χ2n) is 6.14. The molecule has 3 aromatic rings. The first-order chi connectivity index (χ1) is 13.4. The van der Waals surface area contributed by atoms with Crippen LogP contribution in [0.3, 0.4) is 0 Å². The summed E-state index contributed by atoms with van der Waals surface area (Å²) in [4.78, 5) is 16.5. The maximum Gasteiger partial charge on any atom is 0.341 e. The molecule has 2 aromatic carbocycles. The van der Waals surface area contributed by atoms with E-state index in [9.17, 15) is 4.79 Å². The van der Waals surface area contributed by atoms with Crippen molar-refractivity contribution in [3.63, 3.8) is 0 Å². The molecule has 8 nitrogen and oxygen atoms in total. The number of rotatable bonds is 4. The third kappa shape index (κ3) is 3.81. The summed E-state index contributed by atoms with van der Waals surface area (Å²) in [6.45, 7) is 3.64. The molecule has 0 bridgehead atoms. The number of benzene rings is 2. The Labute approximate surface area is 161 Å². The number of hydrogen-bond acceptors (Lipinski definition) is 7. The fourth-order valence-electron chi connectivity index (χ4n) is 2.65. The Morgan fingerprint density at radius 1 is 1.04 bits per heavy atom. The predicted molar refractivity (Wildman–Crippen MR) is 102 cm³/mol. The molecule has 0 aliphatic heterocycles. The molecule has 0 saturated carbocycles. The van der Waals surface area contributed by atoms with Crippen molar-refractivity contribution in [3.05, 3.63) is 69.0 Å². The van der Waals surface area contributed by atoms with E-state index in [0.29, 0.717) is 22.6 Å². The minimum atomic E-state index is -0.426. The lowest BCUT2D eigenvalue weighted by atomic mass is 10.1. The zero-order chi connectivity index (χ0) is 20.3. The number of nitriles is 2. The van der Waals surface area contributed by atoms with Crippen LogP contribution in [-0.2, 0) is 7.05 Å². The van der Waals surface area contributed by atoms with Crippen LogP contribution in [0.5, 0.6) is 11.8 Å². The van der Waals surface area contributed by atoms with Gasteiger partial charge >= 0.3 is 11.6 Å². The van der Waals surface area contributed by atoms with E-state index in [1.807, 2.05) is 19.9 Å². The van der Waals surface area contributed by atoms with Crippen molar-refractivity contribution in [2.24, 2.45) is 7.05 Å². The molecule has 0 saturated heterocycles. The van der Waals surface area contributed by atoms with E-state index in [4.69, 9.17) is 15.3 Å². The van der Waals surface area contributed by atoms with Crippen LogP contribution in [0.2, 0.25) is 0 Å². The van der Waals surface area contributed by atoms with Gasteiger partial charge < -0.3 is 10.1 Å². The van der Waals surface area contributed by atoms with Crippen molar-refractivity contribution in [2.75, 3.05) is 5.32 Å². The molecule has 8 heteroatoms. The van der Waals surface area contributed by atoms with Crippen LogP contribution in [0.25, 0.3) is 0 Å². The number of aromatic nitrogens is 3. The largest absolute Gasteiger partial charge is 0.423 e. The maximum absolute atomic E-state index is 12.3. The van der Waals surface area contributed by atoms with Gasteiger partial charge in [-0.3, -0.25) is 4.79 Å². The molecule has 138 valence electrons. The smallest absolute Gasteiger partial charge is 0.341 e. The van der Waals surface area contributed by atoms with Crippen LogP contribution in [-0.4, -0.2) is 14.8 Å². The molecule has 0 amide bonds. The van der Waals surface area contributed by atoms with Crippen molar-refractivity contribution in [3.8, 4) is 23.9 Å². The average molecular weight is 372 g/mol. The van der Waals surface area contributed by atoms with Crippen LogP contribution >= 0.6 is 0 Å². The number of anilines is 2. The summed E-state index contributed by atoms with van der Waals surface area (Å²) in [6, 6.07) is 14.2. The summed E-state index contributed by atoms with van der Waals surface area (Å²) in [7, 11) is 1.50. The molecule has 0 fully saturated rings. The summed E-state index contributed by atoms with van der Waals surface area (Å²) in [6.07, 6.45) is 0. The predicted octanol–water partition coefficient (Wildman–Crippen LogP) is 3.07. The Hall–Kier alpha value is -4.17. The van der Waals surface area contributed by atoms with Gasteiger partial charge in [-0.1, -0.05) is 0 Å². The fraction of sp³-hybridized carbons (Fsp3) is 0.150. The number of nitrogens with one attached hydrogen (secondary N) is 1. The van der Waals surface area contributed by atoms with Crippen LogP contribution in [0.15, 0.2) is 41.2 Å². The van der Waals surface area contributed by atoms with Gasteiger partial charge in [0.2, 0.25) is 5.82 Å². The average Bonchev–Trinajstić information content (AvgIpc) is 2.68. The molecule has 1 aromatic heterocycles. The van der Waals surface area contributed by atoms with E-state index < -0.39 is 5.56 Å². The van der Waals surface area contributed by atoms with Crippen LogP contribution < -0.4 is 15.6 Å². The van der Waals surface area contributed by atoms with Gasteiger partial charge in [0, 0.05) is 12.7 Å². The van der Waals surface area contributed by atoms with Gasteiger partial charge in [-0.05, 0) is 61.4 Å². The molecule has 3 rings (SSSR count). The lowest BCUT2D eigenvalue weighted by Crippen LogP contribution is -2.24. The van der Waals surface area contributed by atoms with Crippen LogP contribution in [0, 0.1) is 36.5 Å². The van der Waals surface area contributed by atoms with Crippen molar-refractivity contribution in [1.29, 1.82) is 10.5 Å². The highest BCUT2D eigenvalue weighted by Gasteiger charge is 2.14. The summed E-state index contributed by atoms with van der Waals surface area (Å²) >= 11 is 0. The summed E-state index contributed by atoms with van der Waals surface area (Å²) in [5, 5.41) is 24.9. The van der Waals surface area contributed by atoms with E-state index in [0.717, 1.165) is 15.8 Å². The van der Waals surface area contributed by atoms with Crippen LogP contribution in [0.4, 0.5) is 11.5 Å². The Bertz CT molecular complexity index is 1160. The molecule has 0 radical (unpaired) electrons. The van der Waals surface area contributed by atoms with Gasteiger partial charge in [0.05, 0.1) is 23.3 Å². The highest BCUT2D eigenvalue weighted by atomic mass is 16.5. The normalized spacial score (nSPS) is 10.0. The standard InChI is InChI=1S/C20H16N6O2/c1-12-8-15(11-22)9-13(2)17(12)28-20-24-18(19(27)26(3)25-20)23-16-6-4-14(10-21)5-7-16/h4-9H,1-3H3,(H,23,24,25). The summed E-state index contributed by atoms with van der Waals surface area (Å²) < 4.78 is 6.94. The highest BCUT2D eigenvalue weighted by Crippen LogP contribution is 2.28. The first-order valence-corrected chi connectivity index (χ1v) is 8.33. The lowest BCUT2D eigenvalue weighted by molar-refractivity contribution is 0.413. The van der Waals surface area contributed by atoms with Gasteiger partial charge in [0.15, 0.2) is 0 Å². The van der Waals surface area contributed by atoms with Gasteiger partial charge in [0.25, 0.3) is 0 Å². The first kappa shape index (κ1) is 18.6. The van der Waals surface area contributed by atoms with E-state index in [1.165, 1.54) is 7.05 Å². The molecule has 28 heavy (non-hydrogen) atoms. The molecular formula is C20H16N6O2. The number of nitrogens with zero attached hydrogens (tertiary/aromatic N) is 5. The topological polar surface area (TPSA) is 117 Å². The minimum absolute atomic E-state index is 0.00541. The second kappa shape index (κ2) is 7.60. The van der Waals surface area contributed by atoms with Crippen molar-refractivity contribution < 1.29 is 4.74 Å². The van der Waals surface area contributed by atoms with Gasteiger partial charge in [0.1, 0.15) is 5.75 Å². The zero-order valence-corrected chi connectivity index (χ0v) is 15.5. The Morgan fingerprint density at radius 2 is 1.64 bits per heavy atom. The molecule has 1 N–H and O–H groups in total. The molecule has 0 unspecified atom stereocenters. The minimum Gasteiger partial charge on any atom is -0.423 e. The molecule has 0 spiro atoms. The van der Waals surface area contributed by atoms with Gasteiger partial charge in [-0.15, -0.1) is 5.10 Å². The third-order valence-electron chi connectivity index (χ3n) is 4.00. The molecule has 0 aliphatic rings. The first-order valence-electron chi connectivity index (χ1n) is 8.33. The quantitative estimate of drug-likeness (QED) is 0.748. The van der Waals surface area contributed by atoms with Crippen molar-refractivity contribution in [1.82, 2.24) is 14.8 Å². The second-order valence-corrected chi connectivity index (χ2v) is 6.14. The highest BCUT2D eigenvalue weighted by molar-refractivity contribution is 5.57. The van der Waals surface area contributed by atoms with E-state index >= 15 is 0 Å². The number of ether oxygens (including phenoxy) is 1.